The zero-order chi connectivity index (χ0) is 16.3. The third kappa shape index (κ3) is 3.80. The predicted molar refractivity (Wildman–Crippen MR) is 92.7 cm³/mol. The van der Waals surface area contributed by atoms with Gasteiger partial charge in [-0.25, -0.2) is 8.42 Å². The lowest BCUT2D eigenvalue weighted by Gasteiger charge is -2.13. The Hall–Kier alpha value is -2.12. The van der Waals surface area contributed by atoms with Gasteiger partial charge in [0.15, 0.2) is 0 Å². The van der Waals surface area contributed by atoms with Crippen molar-refractivity contribution < 1.29 is 8.42 Å². The zero-order valence-corrected chi connectivity index (χ0v) is 14.5. The summed E-state index contributed by atoms with van der Waals surface area (Å²) in [4.78, 5) is 0.209. The van der Waals surface area contributed by atoms with E-state index in [1.165, 1.54) is 0 Å². The van der Waals surface area contributed by atoms with Crippen LogP contribution in [0.3, 0.4) is 0 Å². The molecule has 0 atom stereocenters. The molecule has 1 heterocycles. The molecule has 0 saturated carbocycles. The van der Waals surface area contributed by atoms with Crippen LogP contribution in [0.1, 0.15) is 5.56 Å². The smallest absolute Gasteiger partial charge is 0.261 e. The highest BCUT2D eigenvalue weighted by Crippen LogP contribution is 2.22. The molecule has 0 fully saturated rings. The molecule has 1 aromatic heterocycles. The second kappa shape index (κ2) is 6.55. The third-order valence-corrected chi connectivity index (χ3v) is 5.12. The summed E-state index contributed by atoms with van der Waals surface area (Å²) in [6.45, 7) is 0.490. The van der Waals surface area contributed by atoms with E-state index in [1.807, 2.05) is 24.4 Å². The van der Waals surface area contributed by atoms with Crippen LogP contribution in [0.4, 0.5) is 5.69 Å². The summed E-state index contributed by atoms with van der Waals surface area (Å²) in [6.07, 6.45) is 3.52. The number of benzene rings is 2. The number of nitrogens with one attached hydrogen (secondary N) is 1. The van der Waals surface area contributed by atoms with E-state index in [9.17, 15) is 8.42 Å². The number of sulfonamides is 1. The normalized spacial score (nSPS) is 11.3. The molecule has 1 N–H and O–H groups in total. The monoisotopic (exact) mass is 391 g/mol. The van der Waals surface area contributed by atoms with Gasteiger partial charge in [0, 0.05) is 16.9 Å². The van der Waals surface area contributed by atoms with Crippen LogP contribution < -0.4 is 4.72 Å². The first-order valence-electron chi connectivity index (χ1n) is 6.88. The first kappa shape index (κ1) is 15.8. The molecule has 0 amide bonds. The molecule has 7 heteroatoms. The van der Waals surface area contributed by atoms with Gasteiger partial charge < -0.3 is 0 Å². The minimum atomic E-state index is -3.65. The molecule has 2 aromatic carbocycles. The van der Waals surface area contributed by atoms with Gasteiger partial charge in [-0.15, -0.1) is 0 Å². The van der Waals surface area contributed by atoms with E-state index in [1.54, 1.807) is 47.3 Å². The number of rotatable bonds is 5. The molecule has 0 bridgehead atoms. The lowest BCUT2D eigenvalue weighted by molar-refractivity contribution is 0.601. The maximum Gasteiger partial charge on any atom is 0.261 e. The number of anilines is 1. The van der Waals surface area contributed by atoms with Crippen molar-refractivity contribution in [1.82, 2.24) is 9.78 Å². The van der Waals surface area contributed by atoms with Crippen molar-refractivity contribution in [2.45, 2.75) is 11.4 Å². The minimum absolute atomic E-state index is 0.209. The van der Waals surface area contributed by atoms with Gasteiger partial charge in [0.1, 0.15) is 0 Å². The van der Waals surface area contributed by atoms with Gasteiger partial charge in [-0.3, -0.25) is 9.40 Å². The molecule has 0 spiro atoms. The maximum atomic E-state index is 12.6. The number of hydrogen-bond acceptors (Lipinski definition) is 3. The van der Waals surface area contributed by atoms with E-state index < -0.39 is 10.0 Å². The van der Waals surface area contributed by atoms with Crippen LogP contribution in [0.15, 0.2) is 76.4 Å². The average molecular weight is 392 g/mol. The highest BCUT2D eigenvalue weighted by molar-refractivity contribution is 9.10. The van der Waals surface area contributed by atoms with Gasteiger partial charge in [0.25, 0.3) is 10.0 Å². The van der Waals surface area contributed by atoms with Crippen molar-refractivity contribution in [3.8, 4) is 0 Å². The number of para-hydroxylation sites is 1. The summed E-state index contributed by atoms with van der Waals surface area (Å²) in [5.41, 5.74) is 1.39. The van der Waals surface area contributed by atoms with Crippen LogP contribution >= 0.6 is 15.9 Å². The van der Waals surface area contributed by atoms with Gasteiger partial charge >= 0.3 is 0 Å². The SMILES string of the molecule is O=S(=O)(Nc1ccccc1Cn1cccn1)c1cccc(Br)c1. The van der Waals surface area contributed by atoms with Crippen molar-refractivity contribution in [2.75, 3.05) is 4.72 Å². The second-order valence-electron chi connectivity index (χ2n) is 4.92. The Bertz CT molecular complexity index is 909. The number of aromatic nitrogens is 2. The van der Waals surface area contributed by atoms with E-state index in [0.717, 1.165) is 5.56 Å². The van der Waals surface area contributed by atoms with Gasteiger partial charge in [0.05, 0.1) is 17.1 Å². The molecule has 0 aliphatic carbocycles. The van der Waals surface area contributed by atoms with Crippen molar-refractivity contribution in [1.29, 1.82) is 0 Å². The van der Waals surface area contributed by atoms with E-state index in [2.05, 4.69) is 25.8 Å². The van der Waals surface area contributed by atoms with Crippen molar-refractivity contribution in [3.63, 3.8) is 0 Å². The van der Waals surface area contributed by atoms with E-state index in [0.29, 0.717) is 16.7 Å². The molecule has 0 aliphatic heterocycles. The van der Waals surface area contributed by atoms with Crippen LogP contribution in [-0.2, 0) is 16.6 Å². The summed E-state index contributed by atoms with van der Waals surface area (Å²) in [5, 5.41) is 4.15. The van der Waals surface area contributed by atoms with Crippen molar-refractivity contribution in [3.05, 3.63) is 77.0 Å². The standard InChI is InChI=1S/C16H14BrN3O2S/c17-14-6-3-7-15(11-14)23(21,22)19-16-8-2-1-5-13(16)12-20-10-4-9-18-20/h1-11,19H,12H2. The molecule has 23 heavy (non-hydrogen) atoms. The zero-order valence-electron chi connectivity index (χ0n) is 12.1. The fourth-order valence-electron chi connectivity index (χ4n) is 2.16. The first-order valence-corrected chi connectivity index (χ1v) is 9.16. The van der Waals surface area contributed by atoms with Crippen molar-refractivity contribution >= 4 is 31.6 Å². The summed E-state index contributed by atoms with van der Waals surface area (Å²) < 4.78 is 30.2. The van der Waals surface area contributed by atoms with Crippen LogP contribution in [-0.4, -0.2) is 18.2 Å². The highest BCUT2D eigenvalue weighted by Gasteiger charge is 2.16. The Kier molecular flexibility index (Phi) is 4.49. The largest absolute Gasteiger partial charge is 0.279 e. The van der Waals surface area contributed by atoms with Crippen LogP contribution in [0.2, 0.25) is 0 Å². The topological polar surface area (TPSA) is 64.0 Å². The fraction of sp³-hybridized carbons (Fsp3) is 0.0625. The summed E-state index contributed by atoms with van der Waals surface area (Å²) in [6, 6.07) is 15.7. The molecule has 0 radical (unpaired) electrons. The second-order valence-corrected chi connectivity index (χ2v) is 7.52. The Morgan fingerprint density at radius 2 is 1.91 bits per heavy atom. The lowest BCUT2D eigenvalue weighted by atomic mass is 10.2. The third-order valence-electron chi connectivity index (χ3n) is 3.26. The average Bonchev–Trinajstić information content (AvgIpc) is 3.02. The Morgan fingerprint density at radius 3 is 2.65 bits per heavy atom. The van der Waals surface area contributed by atoms with Gasteiger partial charge in [-0.2, -0.15) is 5.10 Å². The summed E-state index contributed by atoms with van der Waals surface area (Å²) in [5.74, 6) is 0. The number of hydrogen-bond donors (Lipinski definition) is 1. The van der Waals surface area contributed by atoms with Gasteiger partial charge in [-0.05, 0) is 35.9 Å². The maximum absolute atomic E-state index is 12.6. The Morgan fingerprint density at radius 1 is 1.09 bits per heavy atom. The summed E-state index contributed by atoms with van der Waals surface area (Å²) in [7, 11) is -3.65. The van der Waals surface area contributed by atoms with Crippen molar-refractivity contribution in [2.24, 2.45) is 0 Å². The molecule has 118 valence electrons. The van der Waals surface area contributed by atoms with Crippen LogP contribution in [0, 0.1) is 0 Å². The number of halogens is 1. The molecule has 0 saturated heterocycles. The van der Waals surface area contributed by atoms with Gasteiger partial charge in [-0.1, -0.05) is 40.2 Å². The quantitative estimate of drug-likeness (QED) is 0.723. The first-order chi connectivity index (χ1) is 11.0. The predicted octanol–water partition coefficient (Wildman–Crippen LogP) is 3.49. The molecular weight excluding hydrogens is 378 g/mol. The number of nitrogens with zero attached hydrogens (tertiary/aromatic N) is 2. The summed E-state index contributed by atoms with van der Waals surface area (Å²) >= 11 is 3.29. The lowest BCUT2D eigenvalue weighted by Crippen LogP contribution is -2.15. The highest BCUT2D eigenvalue weighted by atomic mass is 79.9. The fourth-order valence-corrected chi connectivity index (χ4v) is 3.86. The molecule has 0 aliphatic rings. The molecule has 5 nitrogen and oxygen atoms in total. The van der Waals surface area contributed by atoms with E-state index in [4.69, 9.17) is 0 Å². The molecule has 3 rings (SSSR count). The Balaban J connectivity index is 1.91. The van der Waals surface area contributed by atoms with E-state index in [-0.39, 0.29) is 4.90 Å². The van der Waals surface area contributed by atoms with Crippen LogP contribution in [0.5, 0.6) is 0 Å². The molecule has 3 aromatic rings. The van der Waals surface area contributed by atoms with E-state index >= 15 is 0 Å². The van der Waals surface area contributed by atoms with Gasteiger partial charge in [0.2, 0.25) is 0 Å². The molecule has 0 unspecified atom stereocenters. The Labute approximate surface area is 143 Å². The molecular formula is C16H14BrN3O2S. The minimum Gasteiger partial charge on any atom is -0.279 e. The van der Waals surface area contributed by atoms with Crippen LogP contribution in [0.25, 0.3) is 0 Å².